The van der Waals surface area contributed by atoms with Crippen LogP contribution >= 0.6 is 0 Å². The number of hydrogen-bond donors (Lipinski definition) is 1. The van der Waals surface area contributed by atoms with Gasteiger partial charge >= 0.3 is 5.97 Å². The van der Waals surface area contributed by atoms with Crippen molar-refractivity contribution in [1.29, 1.82) is 0 Å². The normalized spacial score (nSPS) is 10.9. The Labute approximate surface area is 244 Å². The lowest BCUT2D eigenvalue weighted by Gasteiger charge is -2.12. The molecule has 0 atom stereocenters. The molecule has 4 aromatic carbocycles. The maximum atomic E-state index is 12.9. The van der Waals surface area contributed by atoms with E-state index in [2.05, 4.69) is 19.2 Å². The number of esters is 1. The van der Waals surface area contributed by atoms with E-state index in [1.54, 1.807) is 32.4 Å². The number of hydrogen-bond acceptors (Lipinski definition) is 7. The third-order valence-electron chi connectivity index (χ3n) is 6.82. The van der Waals surface area contributed by atoms with Crippen molar-refractivity contribution >= 4 is 28.6 Å². The second-order valence-electron chi connectivity index (χ2n) is 9.98. The number of benzene rings is 4. The van der Waals surface area contributed by atoms with Crippen LogP contribution < -0.4 is 14.8 Å². The van der Waals surface area contributed by atoms with Crippen LogP contribution in [0.4, 0.5) is 5.69 Å². The predicted molar refractivity (Wildman–Crippen MR) is 163 cm³/mol. The number of nitrogens with one attached hydrogen (secondary N) is 1. The van der Waals surface area contributed by atoms with Gasteiger partial charge in [0.1, 0.15) is 11.5 Å². The molecule has 1 heterocycles. The van der Waals surface area contributed by atoms with E-state index in [0.29, 0.717) is 34.0 Å². The molecule has 8 nitrogen and oxygen atoms in total. The minimum absolute atomic E-state index is 0.267. The fourth-order valence-corrected chi connectivity index (χ4v) is 4.44. The molecule has 0 fully saturated rings. The van der Waals surface area contributed by atoms with Gasteiger partial charge in [-0.25, -0.2) is 14.8 Å². The maximum absolute atomic E-state index is 12.9. The van der Waals surface area contributed by atoms with Gasteiger partial charge in [-0.05, 0) is 90.3 Å². The zero-order valence-corrected chi connectivity index (χ0v) is 23.9. The second-order valence-corrected chi connectivity index (χ2v) is 9.98. The Balaban J connectivity index is 1.39. The van der Waals surface area contributed by atoms with Gasteiger partial charge in [-0.2, -0.15) is 0 Å². The van der Waals surface area contributed by atoms with Crippen molar-refractivity contribution in [3.63, 3.8) is 0 Å². The molecule has 212 valence electrons. The SMILES string of the molecule is COc1ccc(-c2nc3ccc(C(=O)OCC(=O)Nc4ccc(C(C)C)cc4)cc3nc2-c2ccc(OC)cc2)cc1. The van der Waals surface area contributed by atoms with Gasteiger partial charge in [0.25, 0.3) is 5.91 Å². The van der Waals surface area contributed by atoms with Crippen LogP contribution in [-0.4, -0.2) is 42.7 Å². The number of fused-ring (bicyclic) bond motifs is 1. The molecule has 0 spiro atoms. The standard InChI is InChI=1S/C34H31N3O5/c1-21(2)22-5-12-26(13-6-22)35-31(38)20-42-34(39)25-11-18-29-30(19-25)37-33(24-9-16-28(41-4)17-10-24)32(36-29)23-7-14-27(40-3)15-8-23/h5-19,21H,20H2,1-4H3,(H,35,38). The molecule has 1 amide bonds. The van der Waals surface area contributed by atoms with Crippen molar-refractivity contribution in [2.75, 3.05) is 26.1 Å². The summed E-state index contributed by atoms with van der Waals surface area (Å²) in [4.78, 5) is 35.1. The van der Waals surface area contributed by atoms with Crippen LogP contribution in [0.25, 0.3) is 33.5 Å². The lowest BCUT2D eigenvalue weighted by molar-refractivity contribution is -0.119. The average Bonchev–Trinajstić information content (AvgIpc) is 3.03. The van der Waals surface area contributed by atoms with Crippen LogP contribution in [0.15, 0.2) is 91.0 Å². The zero-order chi connectivity index (χ0) is 29.6. The highest BCUT2D eigenvalue weighted by molar-refractivity contribution is 5.97. The highest BCUT2D eigenvalue weighted by Crippen LogP contribution is 2.33. The summed E-state index contributed by atoms with van der Waals surface area (Å²) >= 11 is 0. The van der Waals surface area contributed by atoms with Crippen LogP contribution in [0.1, 0.15) is 35.7 Å². The molecule has 1 aromatic heterocycles. The third kappa shape index (κ3) is 6.39. The lowest BCUT2D eigenvalue weighted by Crippen LogP contribution is -2.21. The Bertz CT molecular complexity index is 1710. The predicted octanol–water partition coefficient (Wildman–Crippen LogP) is 6.90. The van der Waals surface area contributed by atoms with Gasteiger partial charge in [0.15, 0.2) is 6.61 Å². The summed E-state index contributed by atoms with van der Waals surface area (Å²) in [5.41, 5.74) is 6.23. The van der Waals surface area contributed by atoms with Gasteiger partial charge in [-0.3, -0.25) is 4.79 Å². The quantitative estimate of drug-likeness (QED) is 0.195. The molecular formula is C34H31N3O5. The molecule has 5 rings (SSSR count). The van der Waals surface area contributed by atoms with Gasteiger partial charge in [0.2, 0.25) is 0 Å². The first-order valence-electron chi connectivity index (χ1n) is 13.5. The first-order chi connectivity index (χ1) is 20.3. The average molecular weight is 562 g/mol. The number of methoxy groups -OCH3 is 2. The van der Waals surface area contributed by atoms with Crippen molar-refractivity contribution in [1.82, 2.24) is 9.97 Å². The topological polar surface area (TPSA) is 99.6 Å². The number of rotatable bonds is 9. The maximum Gasteiger partial charge on any atom is 0.338 e. The lowest BCUT2D eigenvalue weighted by atomic mass is 10.0. The number of amides is 1. The number of nitrogens with zero attached hydrogens (tertiary/aromatic N) is 2. The fraction of sp³-hybridized carbons (Fsp3) is 0.176. The summed E-state index contributed by atoms with van der Waals surface area (Å²) in [5, 5.41) is 2.75. The molecule has 0 unspecified atom stereocenters. The van der Waals surface area contributed by atoms with Gasteiger partial charge in [0, 0.05) is 16.8 Å². The summed E-state index contributed by atoms with van der Waals surface area (Å²) in [6.07, 6.45) is 0. The van der Waals surface area contributed by atoms with Crippen LogP contribution in [0.3, 0.4) is 0 Å². The first-order valence-corrected chi connectivity index (χ1v) is 13.5. The molecule has 0 aliphatic rings. The molecule has 5 aromatic rings. The molecular weight excluding hydrogens is 530 g/mol. The Morgan fingerprint density at radius 1 is 0.714 bits per heavy atom. The van der Waals surface area contributed by atoms with E-state index in [1.165, 1.54) is 5.56 Å². The number of carbonyl (C=O) groups excluding carboxylic acids is 2. The second kappa shape index (κ2) is 12.5. The molecule has 42 heavy (non-hydrogen) atoms. The van der Waals surface area contributed by atoms with Gasteiger partial charge in [-0.1, -0.05) is 26.0 Å². The molecule has 1 N–H and O–H groups in total. The highest BCUT2D eigenvalue weighted by atomic mass is 16.5. The number of anilines is 1. The van der Waals surface area contributed by atoms with Crippen LogP contribution in [0.2, 0.25) is 0 Å². The summed E-state index contributed by atoms with van der Waals surface area (Å²) in [6, 6.07) is 27.7. The number of ether oxygens (including phenoxy) is 3. The summed E-state index contributed by atoms with van der Waals surface area (Å²) in [5.74, 6) is 0.796. The monoisotopic (exact) mass is 561 g/mol. The summed E-state index contributed by atoms with van der Waals surface area (Å²) in [6.45, 7) is 3.79. The Kier molecular flexibility index (Phi) is 8.43. The van der Waals surface area contributed by atoms with Gasteiger partial charge in [-0.15, -0.1) is 0 Å². The fourth-order valence-electron chi connectivity index (χ4n) is 4.44. The zero-order valence-electron chi connectivity index (χ0n) is 23.9. The molecule has 0 aliphatic heterocycles. The summed E-state index contributed by atoms with van der Waals surface area (Å²) < 4.78 is 15.9. The minimum atomic E-state index is -0.630. The van der Waals surface area contributed by atoms with Crippen LogP contribution in [-0.2, 0) is 9.53 Å². The van der Waals surface area contributed by atoms with Crippen LogP contribution in [0, 0.1) is 0 Å². The van der Waals surface area contributed by atoms with E-state index in [0.717, 1.165) is 22.6 Å². The van der Waals surface area contributed by atoms with Crippen molar-refractivity contribution < 1.29 is 23.8 Å². The third-order valence-corrected chi connectivity index (χ3v) is 6.82. The van der Waals surface area contributed by atoms with E-state index in [4.69, 9.17) is 24.2 Å². The van der Waals surface area contributed by atoms with Crippen molar-refractivity contribution in [3.05, 3.63) is 102 Å². The van der Waals surface area contributed by atoms with E-state index in [1.807, 2.05) is 72.8 Å². The van der Waals surface area contributed by atoms with E-state index in [9.17, 15) is 9.59 Å². The number of aromatic nitrogens is 2. The largest absolute Gasteiger partial charge is 0.497 e. The Hall–Kier alpha value is -5.24. The van der Waals surface area contributed by atoms with Crippen molar-refractivity contribution in [3.8, 4) is 34.0 Å². The smallest absolute Gasteiger partial charge is 0.338 e. The van der Waals surface area contributed by atoms with E-state index in [-0.39, 0.29) is 5.56 Å². The molecule has 0 aliphatic carbocycles. The molecule has 0 saturated heterocycles. The van der Waals surface area contributed by atoms with Gasteiger partial charge in [0.05, 0.1) is 42.2 Å². The first kappa shape index (κ1) is 28.3. The summed E-state index contributed by atoms with van der Waals surface area (Å²) in [7, 11) is 3.23. The number of carbonyl (C=O) groups is 2. The van der Waals surface area contributed by atoms with Crippen molar-refractivity contribution in [2.24, 2.45) is 0 Å². The molecule has 0 radical (unpaired) electrons. The Morgan fingerprint density at radius 3 is 1.79 bits per heavy atom. The van der Waals surface area contributed by atoms with Crippen LogP contribution in [0.5, 0.6) is 11.5 Å². The molecule has 0 bridgehead atoms. The van der Waals surface area contributed by atoms with Crippen molar-refractivity contribution in [2.45, 2.75) is 19.8 Å². The molecule has 8 heteroatoms. The van der Waals surface area contributed by atoms with E-state index >= 15 is 0 Å². The van der Waals surface area contributed by atoms with Gasteiger partial charge < -0.3 is 19.5 Å². The van der Waals surface area contributed by atoms with E-state index < -0.39 is 18.5 Å². The minimum Gasteiger partial charge on any atom is -0.497 e. The molecule has 0 saturated carbocycles. The highest BCUT2D eigenvalue weighted by Gasteiger charge is 2.17. The Morgan fingerprint density at radius 2 is 1.26 bits per heavy atom.